The van der Waals surface area contributed by atoms with E-state index in [9.17, 15) is 4.79 Å². The van der Waals surface area contributed by atoms with Crippen molar-refractivity contribution in [2.75, 3.05) is 19.8 Å². The lowest BCUT2D eigenvalue weighted by atomic mass is 10.0. The van der Waals surface area contributed by atoms with Crippen LogP contribution >= 0.6 is 0 Å². The molecule has 0 aliphatic heterocycles. The van der Waals surface area contributed by atoms with Crippen LogP contribution in [0.4, 0.5) is 0 Å². The van der Waals surface area contributed by atoms with Gasteiger partial charge in [0.2, 0.25) is 0 Å². The second kappa shape index (κ2) is 57.6. The summed E-state index contributed by atoms with van der Waals surface area (Å²) in [6, 6.07) is 3.88. The van der Waals surface area contributed by atoms with Crippen LogP contribution in [0.1, 0.15) is 378 Å². The van der Waals surface area contributed by atoms with E-state index in [1.54, 1.807) is 0 Å². The lowest BCUT2D eigenvalue weighted by molar-refractivity contribution is 0.111. The van der Waals surface area contributed by atoms with E-state index < -0.39 is 0 Å². The Morgan fingerprint density at radius 2 is 0.423 bits per heavy atom. The van der Waals surface area contributed by atoms with Gasteiger partial charge in [-0.2, -0.15) is 0 Å². The van der Waals surface area contributed by atoms with Crippen molar-refractivity contribution in [2.45, 2.75) is 367 Å². The molecule has 0 aliphatic carbocycles. The van der Waals surface area contributed by atoms with Crippen molar-refractivity contribution in [2.24, 2.45) is 0 Å². The molecular formula is C67H126O4. The van der Waals surface area contributed by atoms with Gasteiger partial charge >= 0.3 is 0 Å². The van der Waals surface area contributed by atoms with Gasteiger partial charge in [-0.1, -0.05) is 348 Å². The number of rotatable bonds is 61. The molecule has 0 unspecified atom stereocenters. The Morgan fingerprint density at radius 1 is 0.254 bits per heavy atom. The van der Waals surface area contributed by atoms with Gasteiger partial charge in [0.25, 0.3) is 0 Å². The van der Waals surface area contributed by atoms with Gasteiger partial charge in [0.05, 0.1) is 25.4 Å². The topological polar surface area (TPSA) is 44.8 Å². The van der Waals surface area contributed by atoms with Crippen molar-refractivity contribution in [3.63, 3.8) is 0 Å². The van der Waals surface area contributed by atoms with Crippen LogP contribution in [0.5, 0.6) is 17.2 Å². The predicted octanol–water partition coefficient (Wildman–Crippen LogP) is 23.8. The molecule has 4 nitrogen and oxygen atoms in total. The quantitative estimate of drug-likeness (QED) is 0.0482. The summed E-state index contributed by atoms with van der Waals surface area (Å²) in [5, 5.41) is 0. The van der Waals surface area contributed by atoms with Crippen LogP contribution in [0, 0.1) is 0 Å². The maximum Gasteiger partial charge on any atom is 0.157 e. The molecule has 0 aliphatic rings. The molecule has 418 valence electrons. The largest absolute Gasteiger partial charge is 0.493 e. The first-order valence-corrected chi connectivity index (χ1v) is 32.8. The maximum atomic E-state index is 12.5. The van der Waals surface area contributed by atoms with Crippen molar-refractivity contribution in [1.82, 2.24) is 0 Å². The number of benzene rings is 1. The van der Waals surface area contributed by atoms with E-state index in [0.29, 0.717) is 36.9 Å². The van der Waals surface area contributed by atoms with Crippen molar-refractivity contribution in [1.29, 1.82) is 0 Å². The summed E-state index contributed by atoms with van der Waals surface area (Å²) in [6.07, 6.45) is 74.9. The minimum Gasteiger partial charge on any atom is -0.493 e. The molecule has 0 bridgehead atoms. The Morgan fingerprint density at radius 3 is 0.606 bits per heavy atom. The molecule has 0 saturated heterocycles. The van der Waals surface area contributed by atoms with Gasteiger partial charge in [-0.3, -0.25) is 4.79 Å². The summed E-state index contributed by atoms with van der Waals surface area (Å²) in [5.41, 5.74) is 0.537. The highest BCUT2D eigenvalue weighted by molar-refractivity contribution is 5.84. The van der Waals surface area contributed by atoms with Crippen LogP contribution in [0.2, 0.25) is 0 Å². The number of carbonyl (C=O) groups is 1. The number of aldehydes is 1. The molecule has 71 heavy (non-hydrogen) atoms. The molecule has 0 amide bonds. The standard InChI is InChI=1S/C67H126O4/c1-4-7-10-13-16-19-22-25-28-31-34-37-40-43-46-49-52-55-58-69-64-61-66(70-59-56-53-50-47-44-41-38-35-32-29-26-23-20-17-14-11-8-5-2)65(63-68)67(62-64)71-60-57-54-51-48-45-42-39-36-33-30-27-24-21-18-15-12-9-6-3/h61-63H,4-60H2,1-3H3. The summed E-state index contributed by atoms with van der Waals surface area (Å²) in [5.74, 6) is 2.01. The van der Waals surface area contributed by atoms with E-state index in [2.05, 4.69) is 20.8 Å². The zero-order valence-electron chi connectivity index (χ0n) is 48.7. The maximum absolute atomic E-state index is 12.5. The lowest BCUT2D eigenvalue weighted by Gasteiger charge is -2.16. The van der Waals surface area contributed by atoms with E-state index >= 15 is 0 Å². The molecule has 1 aromatic carbocycles. The fraction of sp³-hybridized carbons (Fsp3) is 0.896. The monoisotopic (exact) mass is 995 g/mol. The third-order valence-corrected chi connectivity index (χ3v) is 15.5. The molecule has 0 atom stereocenters. The molecule has 0 N–H and O–H groups in total. The SMILES string of the molecule is CCCCCCCCCCCCCCCCCCCCOc1cc(OCCCCCCCCCCCCCCCCCCCC)c(C=O)c(OCCCCCCCCCCCCCCCCCCCC)c1. The van der Waals surface area contributed by atoms with Gasteiger partial charge in [0.1, 0.15) is 17.2 Å². The van der Waals surface area contributed by atoms with Gasteiger partial charge in [-0.15, -0.1) is 0 Å². The van der Waals surface area contributed by atoms with Crippen LogP contribution in [-0.4, -0.2) is 26.1 Å². The Kier molecular flexibility index (Phi) is 54.6. The van der Waals surface area contributed by atoms with Gasteiger partial charge in [-0.05, 0) is 19.3 Å². The third kappa shape index (κ3) is 47.7. The summed E-state index contributed by atoms with van der Waals surface area (Å²) >= 11 is 0. The molecule has 0 spiro atoms. The van der Waals surface area contributed by atoms with Crippen LogP contribution in [-0.2, 0) is 0 Å². The van der Waals surface area contributed by atoms with Gasteiger partial charge in [0.15, 0.2) is 6.29 Å². The van der Waals surface area contributed by atoms with Crippen LogP contribution < -0.4 is 14.2 Å². The zero-order valence-corrected chi connectivity index (χ0v) is 48.7. The molecule has 0 radical (unpaired) electrons. The normalized spacial score (nSPS) is 11.5. The van der Waals surface area contributed by atoms with E-state index in [0.717, 1.165) is 31.3 Å². The number of unbranched alkanes of at least 4 members (excludes halogenated alkanes) is 51. The summed E-state index contributed by atoms with van der Waals surface area (Å²) in [7, 11) is 0. The number of carbonyl (C=O) groups excluding carboxylic acids is 1. The molecule has 0 aromatic heterocycles. The Labute approximate surface area is 445 Å². The average molecular weight is 996 g/mol. The highest BCUT2D eigenvalue weighted by Crippen LogP contribution is 2.34. The van der Waals surface area contributed by atoms with Gasteiger partial charge < -0.3 is 14.2 Å². The average Bonchev–Trinajstić information content (AvgIpc) is 3.38. The van der Waals surface area contributed by atoms with Gasteiger partial charge in [-0.25, -0.2) is 0 Å². The fourth-order valence-corrected chi connectivity index (χ4v) is 10.6. The minimum absolute atomic E-state index is 0.537. The van der Waals surface area contributed by atoms with Crippen molar-refractivity contribution in [3.8, 4) is 17.2 Å². The lowest BCUT2D eigenvalue weighted by Crippen LogP contribution is -2.06. The second-order valence-electron chi connectivity index (χ2n) is 22.5. The van der Waals surface area contributed by atoms with Crippen LogP contribution in [0.25, 0.3) is 0 Å². The first-order chi connectivity index (χ1) is 35.3. The van der Waals surface area contributed by atoms with E-state index in [-0.39, 0.29) is 0 Å². The van der Waals surface area contributed by atoms with E-state index in [1.165, 1.54) is 327 Å². The third-order valence-electron chi connectivity index (χ3n) is 15.5. The molecule has 0 heterocycles. The number of hydrogen-bond acceptors (Lipinski definition) is 4. The number of hydrogen-bond donors (Lipinski definition) is 0. The Balaban J connectivity index is 2.35. The Hall–Kier alpha value is -1.71. The predicted molar refractivity (Wildman–Crippen MR) is 315 cm³/mol. The molecule has 1 rings (SSSR count). The Bertz CT molecular complexity index is 1120. The summed E-state index contributed by atoms with van der Waals surface area (Å²) in [4.78, 5) is 12.5. The molecule has 4 heteroatoms. The minimum atomic E-state index is 0.537. The molecule has 0 saturated carbocycles. The van der Waals surface area contributed by atoms with Crippen LogP contribution in [0.15, 0.2) is 12.1 Å². The first-order valence-electron chi connectivity index (χ1n) is 32.8. The van der Waals surface area contributed by atoms with Gasteiger partial charge in [0, 0.05) is 12.1 Å². The van der Waals surface area contributed by atoms with Crippen molar-refractivity contribution in [3.05, 3.63) is 17.7 Å². The summed E-state index contributed by atoms with van der Waals surface area (Å²) in [6.45, 7) is 8.85. The fourth-order valence-electron chi connectivity index (χ4n) is 10.6. The first kappa shape index (κ1) is 67.3. The zero-order chi connectivity index (χ0) is 50.9. The van der Waals surface area contributed by atoms with E-state index in [1.807, 2.05) is 12.1 Å². The molecular weight excluding hydrogens is 869 g/mol. The second-order valence-corrected chi connectivity index (χ2v) is 22.5. The highest BCUT2D eigenvalue weighted by Gasteiger charge is 2.15. The van der Waals surface area contributed by atoms with Crippen LogP contribution in [0.3, 0.4) is 0 Å². The molecule has 0 fully saturated rings. The van der Waals surface area contributed by atoms with Crippen molar-refractivity contribution >= 4 is 6.29 Å². The summed E-state index contributed by atoms with van der Waals surface area (Å²) < 4.78 is 19.0. The van der Waals surface area contributed by atoms with Crippen molar-refractivity contribution < 1.29 is 19.0 Å². The highest BCUT2D eigenvalue weighted by atomic mass is 16.5. The van der Waals surface area contributed by atoms with E-state index in [4.69, 9.17) is 14.2 Å². The number of ether oxygens (including phenoxy) is 3. The molecule has 1 aromatic rings. The smallest absolute Gasteiger partial charge is 0.157 e.